The van der Waals surface area contributed by atoms with Gasteiger partial charge in [-0.25, -0.2) is 9.78 Å². The van der Waals surface area contributed by atoms with Gasteiger partial charge in [-0.3, -0.25) is 0 Å². The highest BCUT2D eigenvalue weighted by molar-refractivity contribution is 7.18. The number of aromatic nitrogens is 1. The molecule has 5 nitrogen and oxygen atoms in total. The number of amides is 2. The van der Waals surface area contributed by atoms with E-state index in [1.807, 2.05) is 47.4 Å². The highest BCUT2D eigenvalue weighted by Gasteiger charge is 2.30. The van der Waals surface area contributed by atoms with Crippen molar-refractivity contribution in [2.24, 2.45) is 0 Å². The summed E-state index contributed by atoms with van der Waals surface area (Å²) in [7, 11) is 1.66. The average Bonchev–Trinajstić information content (AvgIpc) is 3.35. The fourth-order valence-corrected chi connectivity index (χ4v) is 4.65. The minimum absolute atomic E-state index is 0.0498. The largest absolute Gasteiger partial charge is 0.497 e. The lowest BCUT2D eigenvalue weighted by Gasteiger charge is -2.25. The van der Waals surface area contributed by atoms with Gasteiger partial charge in [-0.05, 0) is 48.7 Å². The van der Waals surface area contributed by atoms with Crippen molar-refractivity contribution in [3.05, 3.63) is 53.0 Å². The fraction of sp³-hybridized carbons (Fsp3) is 0.364. The van der Waals surface area contributed by atoms with Crippen LogP contribution in [0.1, 0.15) is 49.2 Å². The molecule has 1 saturated heterocycles. The number of thiazole rings is 1. The maximum absolute atomic E-state index is 12.9. The van der Waals surface area contributed by atoms with Crippen molar-refractivity contribution < 1.29 is 9.53 Å². The van der Waals surface area contributed by atoms with Gasteiger partial charge >= 0.3 is 6.03 Å². The number of likely N-dealkylation sites (tertiary alicyclic amines) is 1. The molecule has 4 rings (SSSR count). The Bertz CT molecular complexity index is 981. The van der Waals surface area contributed by atoms with Crippen LogP contribution in [0.25, 0.3) is 10.2 Å². The monoisotopic (exact) mass is 395 g/mol. The standard InChI is InChI=1S/C22H25N3O2S/c1-14(2)21-24-18-11-8-16(13-20(18)28-21)23-22(26)25-12-4-5-19(25)15-6-9-17(27-3)10-7-15/h6-11,13-14,19H,4-5,12H2,1-3H3,(H,23,26). The molecule has 3 aromatic rings. The van der Waals surface area contributed by atoms with Gasteiger partial charge in [-0.2, -0.15) is 0 Å². The number of hydrogen-bond acceptors (Lipinski definition) is 4. The van der Waals surface area contributed by atoms with Crippen molar-refractivity contribution in [1.29, 1.82) is 0 Å². The number of carbonyl (C=O) groups excluding carboxylic acids is 1. The molecule has 0 bridgehead atoms. The zero-order valence-corrected chi connectivity index (χ0v) is 17.3. The highest BCUT2D eigenvalue weighted by atomic mass is 32.1. The lowest BCUT2D eigenvalue weighted by Crippen LogP contribution is -2.34. The van der Waals surface area contributed by atoms with E-state index in [0.29, 0.717) is 5.92 Å². The van der Waals surface area contributed by atoms with Crippen molar-refractivity contribution >= 4 is 33.3 Å². The molecule has 1 unspecified atom stereocenters. The molecule has 0 spiro atoms. The van der Waals surface area contributed by atoms with Gasteiger partial charge in [0.1, 0.15) is 5.75 Å². The van der Waals surface area contributed by atoms with Crippen molar-refractivity contribution in [3.8, 4) is 5.75 Å². The molecule has 2 aromatic carbocycles. The van der Waals surface area contributed by atoms with Crippen molar-refractivity contribution in [1.82, 2.24) is 9.88 Å². The molecule has 1 fully saturated rings. The number of benzene rings is 2. The van der Waals surface area contributed by atoms with Gasteiger partial charge in [-0.15, -0.1) is 11.3 Å². The van der Waals surface area contributed by atoms with E-state index in [-0.39, 0.29) is 12.1 Å². The number of anilines is 1. The van der Waals surface area contributed by atoms with Crippen LogP contribution in [-0.2, 0) is 0 Å². The van der Waals surface area contributed by atoms with Crippen LogP contribution in [0.2, 0.25) is 0 Å². The molecule has 28 heavy (non-hydrogen) atoms. The number of rotatable bonds is 4. The number of urea groups is 1. The molecule has 0 aliphatic carbocycles. The first kappa shape index (κ1) is 18.7. The van der Waals surface area contributed by atoms with Gasteiger partial charge < -0.3 is 15.0 Å². The van der Waals surface area contributed by atoms with E-state index in [9.17, 15) is 4.79 Å². The number of ether oxygens (including phenoxy) is 1. The molecule has 0 radical (unpaired) electrons. The summed E-state index contributed by atoms with van der Waals surface area (Å²) in [5, 5.41) is 4.20. The lowest BCUT2D eigenvalue weighted by molar-refractivity contribution is 0.207. The minimum atomic E-state index is -0.0498. The smallest absolute Gasteiger partial charge is 0.322 e. The normalized spacial score (nSPS) is 16.7. The third-order valence-electron chi connectivity index (χ3n) is 5.16. The van der Waals surface area contributed by atoms with Crippen LogP contribution in [0.5, 0.6) is 5.75 Å². The van der Waals surface area contributed by atoms with Crippen LogP contribution in [0.3, 0.4) is 0 Å². The van der Waals surface area contributed by atoms with Crippen LogP contribution in [0.4, 0.5) is 10.5 Å². The Kier molecular flexibility index (Phi) is 5.22. The van der Waals surface area contributed by atoms with Crippen molar-refractivity contribution in [2.75, 3.05) is 19.0 Å². The van der Waals surface area contributed by atoms with Crippen molar-refractivity contribution in [3.63, 3.8) is 0 Å². The molecule has 146 valence electrons. The van der Waals surface area contributed by atoms with Gasteiger partial charge in [0.2, 0.25) is 0 Å². The van der Waals surface area contributed by atoms with Crippen LogP contribution < -0.4 is 10.1 Å². The lowest BCUT2D eigenvalue weighted by atomic mass is 10.0. The molecule has 0 saturated carbocycles. The minimum Gasteiger partial charge on any atom is -0.497 e. The molecular weight excluding hydrogens is 370 g/mol. The fourth-order valence-electron chi connectivity index (χ4n) is 3.64. The van der Waals surface area contributed by atoms with Gasteiger partial charge in [0.25, 0.3) is 0 Å². The Morgan fingerprint density at radius 3 is 2.75 bits per heavy atom. The predicted molar refractivity (Wildman–Crippen MR) is 114 cm³/mol. The Labute approximate surface area is 169 Å². The maximum Gasteiger partial charge on any atom is 0.322 e. The van der Waals surface area contributed by atoms with E-state index in [0.717, 1.165) is 51.6 Å². The predicted octanol–water partition coefficient (Wildman–Crippen LogP) is 5.80. The summed E-state index contributed by atoms with van der Waals surface area (Å²) in [5.41, 5.74) is 2.95. The van der Waals surface area contributed by atoms with Crippen LogP contribution in [-0.4, -0.2) is 29.6 Å². The third-order valence-corrected chi connectivity index (χ3v) is 6.48. The Morgan fingerprint density at radius 2 is 2.04 bits per heavy atom. The van der Waals surface area contributed by atoms with E-state index >= 15 is 0 Å². The molecule has 6 heteroatoms. The summed E-state index contributed by atoms with van der Waals surface area (Å²) in [6.07, 6.45) is 1.99. The van der Waals surface area contributed by atoms with E-state index in [1.54, 1.807) is 18.4 Å². The summed E-state index contributed by atoms with van der Waals surface area (Å²) in [4.78, 5) is 19.5. The van der Waals surface area contributed by atoms with Gasteiger partial charge in [0, 0.05) is 18.2 Å². The number of methoxy groups -OCH3 is 1. The molecule has 1 aliphatic rings. The quantitative estimate of drug-likeness (QED) is 0.608. The summed E-state index contributed by atoms with van der Waals surface area (Å²) < 4.78 is 6.35. The molecular formula is C22H25N3O2S. The Hall–Kier alpha value is -2.60. The SMILES string of the molecule is COc1ccc(C2CCCN2C(=O)Nc2ccc3nc(C(C)C)sc3c2)cc1. The number of hydrogen-bond donors (Lipinski definition) is 1. The average molecular weight is 396 g/mol. The number of fused-ring (bicyclic) bond motifs is 1. The van der Waals surface area contributed by atoms with E-state index in [4.69, 9.17) is 4.74 Å². The summed E-state index contributed by atoms with van der Waals surface area (Å²) in [5.74, 6) is 1.24. The second-order valence-corrected chi connectivity index (χ2v) is 8.51. The molecule has 1 aromatic heterocycles. The van der Waals surface area contributed by atoms with Crippen molar-refractivity contribution in [2.45, 2.75) is 38.6 Å². The zero-order valence-electron chi connectivity index (χ0n) is 16.4. The molecule has 1 aliphatic heterocycles. The summed E-state index contributed by atoms with van der Waals surface area (Å²) >= 11 is 1.69. The first-order valence-electron chi connectivity index (χ1n) is 9.67. The second-order valence-electron chi connectivity index (χ2n) is 7.44. The second kappa shape index (κ2) is 7.80. The zero-order chi connectivity index (χ0) is 19.7. The number of carbonyl (C=O) groups is 1. The van der Waals surface area contributed by atoms with E-state index in [2.05, 4.69) is 24.1 Å². The van der Waals surface area contributed by atoms with Gasteiger partial charge in [0.05, 0.1) is 28.4 Å². The topological polar surface area (TPSA) is 54.5 Å². The van der Waals surface area contributed by atoms with Gasteiger partial charge in [0.15, 0.2) is 0 Å². The highest BCUT2D eigenvalue weighted by Crippen LogP contribution is 2.34. The Morgan fingerprint density at radius 1 is 1.25 bits per heavy atom. The molecule has 2 amide bonds. The van der Waals surface area contributed by atoms with E-state index < -0.39 is 0 Å². The third kappa shape index (κ3) is 3.69. The number of nitrogens with one attached hydrogen (secondary N) is 1. The molecule has 1 atom stereocenters. The molecule has 1 N–H and O–H groups in total. The maximum atomic E-state index is 12.9. The van der Waals surface area contributed by atoms with Crippen LogP contribution in [0, 0.1) is 0 Å². The molecule has 2 heterocycles. The van der Waals surface area contributed by atoms with E-state index in [1.165, 1.54) is 0 Å². The number of nitrogens with zero attached hydrogens (tertiary/aromatic N) is 2. The van der Waals surface area contributed by atoms with Crippen LogP contribution >= 0.6 is 11.3 Å². The van der Waals surface area contributed by atoms with Gasteiger partial charge in [-0.1, -0.05) is 26.0 Å². The van der Waals surface area contributed by atoms with Crippen LogP contribution in [0.15, 0.2) is 42.5 Å². The first-order chi connectivity index (χ1) is 13.5. The summed E-state index contributed by atoms with van der Waals surface area (Å²) in [6.45, 7) is 5.06. The summed E-state index contributed by atoms with van der Waals surface area (Å²) in [6, 6.07) is 14.0. The first-order valence-corrected chi connectivity index (χ1v) is 10.5. The Balaban J connectivity index is 1.51.